The standard InChI is InChI=1S/C17H24N2O5/c1-22-14-8-12(17(21)24-3)13(9-15(14)23-2)19-16(20)10-5-4-6-11(18)7-10/h8-11H,4-7,18H2,1-3H3,(H,19,20). The molecule has 0 saturated heterocycles. The Balaban J connectivity index is 2.29. The van der Waals surface area contributed by atoms with Gasteiger partial charge in [-0.15, -0.1) is 0 Å². The fourth-order valence-electron chi connectivity index (χ4n) is 2.96. The third-order valence-corrected chi connectivity index (χ3v) is 4.27. The number of esters is 1. The topological polar surface area (TPSA) is 99.9 Å². The number of amides is 1. The Labute approximate surface area is 141 Å². The van der Waals surface area contributed by atoms with E-state index >= 15 is 0 Å². The molecule has 1 saturated carbocycles. The van der Waals surface area contributed by atoms with Crippen LogP contribution in [0.2, 0.25) is 0 Å². The maximum atomic E-state index is 12.5. The van der Waals surface area contributed by atoms with Gasteiger partial charge in [-0.3, -0.25) is 4.79 Å². The number of ether oxygens (including phenoxy) is 3. The molecule has 0 bridgehead atoms. The lowest BCUT2D eigenvalue weighted by Gasteiger charge is -2.26. The fraction of sp³-hybridized carbons (Fsp3) is 0.529. The predicted molar refractivity (Wildman–Crippen MR) is 89.4 cm³/mol. The minimum atomic E-state index is -0.563. The number of nitrogens with two attached hydrogens (primary N) is 1. The minimum absolute atomic E-state index is 0.0416. The van der Waals surface area contributed by atoms with Crippen LogP contribution in [0.1, 0.15) is 36.0 Å². The van der Waals surface area contributed by atoms with Gasteiger partial charge in [0.15, 0.2) is 11.5 Å². The lowest BCUT2D eigenvalue weighted by Crippen LogP contribution is -2.34. The maximum absolute atomic E-state index is 12.5. The average molecular weight is 336 g/mol. The first-order valence-electron chi connectivity index (χ1n) is 7.91. The average Bonchev–Trinajstić information content (AvgIpc) is 2.60. The molecule has 2 unspecified atom stereocenters. The number of hydrogen-bond acceptors (Lipinski definition) is 6. The summed E-state index contributed by atoms with van der Waals surface area (Å²) in [5, 5.41) is 2.81. The van der Waals surface area contributed by atoms with E-state index in [9.17, 15) is 9.59 Å². The summed E-state index contributed by atoms with van der Waals surface area (Å²) < 4.78 is 15.2. The molecule has 0 heterocycles. The van der Waals surface area contributed by atoms with Crippen LogP contribution in [-0.2, 0) is 9.53 Å². The molecule has 2 atom stereocenters. The molecular weight excluding hydrogens is 312 g/mol. The fourth-order valence-corrected chi connectivity index (χ4v) is 2.96. The summed E-state index contributed by atoms with van der Waals surface area (Å²) in [5.74, 6) is -0.0714. The number of benzene rings is 1. The Hall–Kier alpha value is -2.28. The largest absolute Gasteiger partial charge is 0.493 e. The maximum Gasteiger partial charge on any atom is 0.340 e. The van der Waals surface area contributed by atoms with Gasteiger partial charge in [-0.1, -0.05) is 6.42 Å². The van der Waals surface area contributed by atoms with Crippen molar-refractivity contribution in [2.45, 2.75) is 31.7 Å². The van der Waals surface area contributed by atoms with Crippen molar-refractivity contribution < 1.29 is 23.8 Å². The van der Waals surface area contributed by atoms with Crippen LogP contribution in [0.15, 0.2) is 12.1 Å². The molecular formula is C17H24N2O5. The summed E-state index contributed by atoms with van der Waals surface area (Å²) in [6.07, 6.45) is 3.30. The first-order valence-corrected chi connectivity index (χ1v) is 7.91. The number of rotatable bonds is 5. The number of carbonyl (C=O) groups is 2. The second-order valence-electron chi connectivity index (χ2n) is 5.86. The lowest BCUT2D eigenvalue weighted by atomic mass is 9.85. The molecule has 1 amide bonds. The van der Waals surface area contributed by atoms with E-state index in [1.54, 1.807) is 6.07 Å². The highest BCUT2D eigenvalue weighted by Gasteiger charge is 2.27. The predicted octanol–water partition coefficient (Wildman–Crippen LogP) is 1.95. The van der Waals surface area contributed by atoms with E-state index in [-0.39, 0.29) is 23.4 Å². The number of nitrogens with one attached hydrogen (secondary N) is 1. The highest BCUT2D eigenvalue weighted by Crippen LogP contribution is 2.34. The highest BCUT2D eigenvalue weighted by atomic mass is 16.5. The van der Waals surface area contributed by atoms with Crippen molar-refractivity contribution >= 4 is 17.6 Å². The molecule has 24 heavy (non-hydrogen) atoms. The van der Waals surface area contributed by atoms with Crippen LogP contribution >= 0.6 is 0 Å². The summed E-state index contributed by atoms with van der Waals surface area (Å²) in [6.45, 7) is 0. The number of carbonyl (C=O) groups excluding carboxylic acids is 2. The quantitative estimate of drug-likeness (QED) is 0.797. The van der Waals surface area contributed by atoms with Gasteiger partial charge in [0.1, 0.15) is 0 Å². The Morgan fingerprint density at radius 3 is 2.38 bits per heavy atom. The normalized spacial score (nSPS) is 20.2. The molecule has 0 spiro atoms. The van der Waals surface area contributed by atoms with Gasteiger partial charge in [0.2, 0.25) is 5.91 Å². The van der Waals surface area contributed by atoms with Gasteiger partial charge < -0.3 is 25.3 Å². The lowest BCUT2D eigenvalue weighted by molar-refractivity contribution is -0.120. The van der Waals surface area contributed by atoms with E-state index < -0.39 is 5.97 Å². The van der Waals surface area contributed by atoms with Crippen LogP contribution in [0.5, 0.6) is 11.5 Å². The van der Waals surface area contributed by atoms with Crippen molar-refractivity contribution in [2.24, 2.45) is 11.7 Å². The molecule has 1 aromatic carbocycles. The third kappa shape index (κ3) is 3.97. The first-order chi connectivity index (χ1) is 11.5. The molecule has 7 heteroatoms. The van der Waals surface area contributed by atoms with E-state index in [0.29, 0.717) is 23.6 Å². The minimum Gasteiger partial charge on any atom is -0.493 e. The Morgan fingerprint density at radius 2 is 1.79 bits per heavy atom. The van der Waals surface area contributed by atoms with Gasteiger partial charge >= 0.3 is 5.97 Å². The zero-order valence-corrected chi connectivity index (χ0v) is 14.3. The molecule has 3 N–H and O–H groups in total. The molecule has 7 nitrogen and oxygen atoms in total. The van der Waals surface area contributed by atoms with Crippen molar-refractivity contribution in [1.29, 1.82) is 0 Å². The van der Waals surface area contributed by atoms with Crippen molar-refractivity contribution in [1.82, 2.24) is 0 Å². The van der Waals surface area contributed by atoms with Crippen molar-refractivity contribution in [3.63, 3.8) is 0 Å². The van der Waals surface area contributed by atoms with E-state index in [1.165, 1.54) is 27.4 Å². The summed E-state index contributed by atoms with van der Waals surface area (Å²) in [5.41, 5.74) is 6.50. The SMILES string of the molecule is COC(=O)c1cc(OC)c(OC)cc1NC(=O)C1CCCC(N)C1. The Bertz CT molecular complexity index is 617. The first kappa shape index (κ1) is 18.1. The van der Waals surface area contributed by atoms with Gasteiger partial charge in [0, 0.05) is 24.1 Å². The van der Waals surface area contributed by atoms with E-state index in [4.69, 9.17) is 19.9 Å². The number of hydrogen-bond donors (Lipinski definition) is 2. The van der Waals surface area contributed by atoms with Gasteiger partial charge in [0.25, 0.3) is 0 Å². The monoisotopic (exact) mass is 336 g/mol. The number of anilines is 1. The second-order valence-corrected chi connectivity index (χ2v) is 5.86. The van der Waals surface area contributed by atoms with Crippen molar-refractivity contribution in [2.75, 3.05) is 26.6 Å². The van der Waals surface area contributed by atoms with Crippen LogP contribution in [0.3, 0.4) is 0 Å². The van der Waals surface area contributed by atoms with Gasteiger partial charge in [-0.05, 0) is 19.3 Å². The molecule has 2 rings (SSSR count). The second kappa shape index (κ2) is 8.01. The van der Waals surface area contributed by atoms with Crippen molar-refractivity contribution in [3.8, 4) is 11.5 Å². The Kier molecular flexibility index (Phi) is 6.03. The zero-order valence-electron chi connectivity index (χ0n) is 14.3. The van der Waals surface area contributed by atoms with E-state index in [0.717, 1.165) is 19.3 Å². The van der Waals surface area contributed by atoms with Gasteiger partial charge in [-0.25, -0.2) is 4.79 Å². The van der Waals surface area contributed by atoms with E-state index in [2.05, 4.69) is 5.32 Å². The molecule has 0 aromatic heterocycles. The van der Waals surface area contributed by atoms with Crippen LogP contribution in [0.4, 0.5) is 5.69 Å². The summed E-state index contributed by atoms with van der Waals surface area (Å²) in [7, 11) is 4.24. The van der Waals surface area contributed by atoms with Crippen LogP contribution in [-0.4, -0.2) is 39.2 Å². The smallest absolute Gasteiger partial charge is 0.340 e. The molecule has 1 aliphatic rings. The van der Waals surface area contributed by atoms with Crippen LogP contribution in [0.25, 0.3) is 0 Å². The molecule has 132 valence electrons. The summed E-state index contributed by atoms with van der Waals surface area (Å²) in [6, 6.07) is 3.10. The molecule has 0 radical (unpaired) electrons. The van der Waals surface area contributed by atoms with Crippen LogP contribution < -0.4 is 20.5 Å². The molecule has 1 aliphatic carbocycles. The van der Waals surface area contributed by atoms with Gasteiger partial charge in [-0.2, -0.15) is 0 Å². The third-order valence-electron chi connectivity index (χ3n) is 4.27. The summed E-state index contributed by atoms with van der Waals surface area (Å²) in [4.78, 5) is 24.6. The number of methoxy groups -OCH3 is 3. The highest BCUT2D eigenvalue weighted by molar-refractivity contribution is 6.02. The van der Waals surface area contributed by atoms with E-state index in [1.807, 2.05) is 0 Å². The molecule has 1 aromatic rings. The Morgan fingerprint density at radius 1 is 1.12 bits per heavy atom. The zero-order chi connectivity index (χ0) is 17.7. The summed E-state index contributed by atoms with van der Waals surface area (Å²) >= 11 is 0. The van der Waals surface area contributed by atoms with Gasteiger partial charge in [0.05, 0.1) is 32.6 Å². The van der Waals surface area contributed by atoms with Crippen LogP contribution in [0, 0.1) is 5.92 Å². The van der Waals surface area contributed by atoms with Crippen molar-refractivity contribution in [3.05, 3.63) is 17.7 Å². The molecule has 1 fully saturated rings. The molecule has 0 aliphatic heterocycles.